The fraction of sp³-hybridized carbons (Fsp3) is 0. The van der Waals surface area contributed by atoms with E-state index in [9.17, 15) is 14.9 Å². The van der Waals surface area contributed by atoms with Gasteiger partial charge in [-0.15, -0.1) is 0 Å². The van der Waals surface area contributed by atoms with Gasteiger partial charge in [0.15, 0.2) is 5.78 Å². The maximum atomic E-state index is 12.7. The Morgan fingerprint density at radius 3 is 2.42 bits per heavy atom. The predicted octanol–water partition coefficient (Wildman–Crippen LogP) is 3.96. The number of para-hydroxylation sites is 1. The predicted molar refractivity (Wildman–Crippen MR) is 90.5 cm³/mol. The topological polar surface area (TPSA) is 85.1 Å². The molecule has 3 aromatic rings. The van der Waals surface area contributed by atoms with Crippen LogP contribution in [-0.2, 0) is 0 Å². The summed E-state index contributed by atoms with van der Waals surface area (Å²) in [5.74, 6) is -0.162. The third-order valence-corrected chi connectivity index (χ3v) is 3.47. The number of rotatable bonds is 5. The van der Waals surface area contributed by atoms with Crippen molar-refractivity contribution < 1.29 is 9.72 Å². The van der Waals surface area contributed by atoms with Gasteiger partial charge in [0.2, 0.25) is 0 Å². The van der Waals surface area contributed by atoms with E-state index in [-0.39, 0.29) is 17.2 Å². The minimum Gasteiger partial charge on any atom is -0.348 e. The van der Waals surface area contributed by atoms with Gasteiger partial charge in [-0.2, -0.15) is 0 Å². The Morgan fingerprint density at radius 2 is 1.67 bits per heavy atom. The van der Waals surface area contributed by atoms with Crippen molar-refractivity contribution in [3.05, 3.63) is 94.3 Å². The lowest BCUT2D eigenvalue weighted by atomic mass is 10.0. The maximum Gasteiger partial charge on any atom is 0.295 e. The van der Waals surface area contributed by atoms with Crippen molar-refractivity contribution in [3.8, 4) is 0 Å². The lowest BCUT2D eigenvalue weighted by Gasteiger charge is -2.11. The number of ketones is 1. The highest BCUT2D eigenvalue weighted by Crippen LogP contribution is 2.28. The first-order valence-corrected chi connectivity index (χ1v) is 7.21. The lowest BCUT2D eigenvalue weighted by Crippen LogP contribution is -2.06. The molecule has 1 N–H and O–H groups in total. The molecule has 0 aliphatic heterocycles. The molecule has 0 unspecified atom stereocenters. The highest BCUT2D eigenvalue weighted by atomic mass is 16.6. The van der Waals surface area contributed by atoms with Crippen molar-refractivity contribution in [1.82, 2.24) is 4.98 Å². The van der Waals surface area contributed by atoms with Crippen molar-refractivity contribution in [2.24, 2.45) is 0 Å². The molecule has 2 aromatic carbocycles. The van der Waals surface area contributed by atoms with Crippen LogP contribution in [0.4, 0.5) is 17.1 Å². The van der Waals surface area contributed by atoms with Gasteiger partial charge in [0, 0.05) is 29.1 Å². The minimum atomic E-state index is -0.494. The second-order valence-corrected chi connectivity index (χ2v) is 5.02. The molecule has 0 fully saturated rings. The van der Waals surface area contributed by atoms with Gasteiger partial charge >= 0.3 is 0 Å². The van der Waals surface area contributed by atoms with Gasteiger partial charge in [-0.25, -0.2) is 0 Å². The standard InChI is InChI=1S/C18H13N3O3/c22-18(13-6-2-1-3-7-13)14-8-4-5-9-15(14)20-16-12-19-11-10-17(16)21(23)24/h1-12,20H. The SMILES string of the molecule is O=C(c1ccccc1)c1ccccc1Nc1cnccc1[N+](=O)[O-]. The molecule has 0 spiro atoms. The Balaban J connectivity index is 1.99. The number of aromatic nitrogens is 1. The molecular weight excluding hydrogens is 306 g/mol. The van der Waals surface area contributed by atoms with Crippen LogP contribution in [0.15, 0.2) is 73.1 Å². The second kappa shape index (κ2) is 6.70. The molecule has 0 saturated carbocycles. The number of carbonyl (C=O) groups is 1. The molecule has 6 nitrogen and oxygen atoms in total. The average Bonchev–Trinajstić information content (AvgIpc) is 2.62. The summed E-state index contributed by atoms with van der Waals surface area (Å²) in [5.41, 5.74) is 1.60. The van der Waals surface area contributed by atoms with E-state index in [1.165, 1.54) is 18.5 Å². The van der Waals surface area contributed by atoms with Crippen LogP contribution in [0.5, 0.6) is 0 Å². The first-order chi connectivity index (χ1) is 11.7. The van der Waals surface area contributed by atoms with E-state index in [2.05, 4.69) is 10.3 Å². The lowest BCUT2D eigenvalue weighted by molar-refractivity contribution is -0.384. The van der Waals surface area contributed by atoms with E-state index >= 15 is 0 Å². The Morgan fingerprint density at radius 1 is 0.958 bits per heavy atom. The maximum absolute atomic E-state index is 12.7. The number of carbonyl (C=O) groups excluding carboxylic acids is 1. The summed E-state index contributed by atoms with van der Waals surface area (Å²) < 4.78 is 0. The van der Waals surface area contributed by atoms with Crippen molar-refractivity contribution >= 4 is 22.8 Å². The van der Waals surface area contributed by atoms with Crippen molar-refractivity contribution in [1.29, 1.82) is 0 Å². The molecule has 24 heavy (non-hydrogen) atoms. The van der Waals surface area contributed by atoms with Crippen LogP contribution in [0.3, 0.4) is 0 Å². The average molecular weight is 319 g/mol. The summed E-state index contributed by atoms with van der Waals surface area (Å²) in [6.45, 7) is 0. The third kappa shape index (κ3) is 3.12. The van der Waals surface area contributed by atoms with Gasteiger partial charge in [0.05, 0.1) is 11.1 Å². The van der Waals surface area contributed by atoms with Crippen molar-refractivity contribution in [3.63, 3.8) is 0 Å². The highest BCUT2D eigenvalue weighted by Gasteiger charge is 2.17. The van der Waals surface area contributed by atoms with Crippen LogP contribution in [0.2, 0.25) is 0 Å². The summed E-state index contributed by atoms with van der Waals surface area (Å²) >= 11 is 0. The molecule has 0 saturated heterocycles. The largest absolute Gasteiger partial charge is 0.348 e. The number of pyridine rings is 1. The van der Waals surface area contributed by atoms with E-state index < -0.39 is 4.92 Å². The first kappa shape index (κ1) is 15.4. The van der Waals surface area contributed by atoms with Gasteiger partial charge in [-0.3, -0.25) is 19.9 Å². The Hall–Kier alpha value is -3.54. The van der Waals surface area contributed by atoms with Crippen molar-refractivity contribution in [2.75, 3.05) is 5.32 Å². The zero-order chi connectivity index (χ0) is 16.9. The Labute approximate surface area is 137 Å². The number of nitro groups is 1. The third-order valence-electron chi connectivity index (χ3n) is 3.47. The van der Waals surface area contributed by atoms with Gasteiger partial charge in [-0.05, 0) is 12.1 Å². The van der Waals surface area contributed by atoms with Crippen LogP contribution in [0.25, 0.3) is 0 Å². The number of hydrogen-bond acceptors (Lipinski definition) is 5. The molecule has 0 aliphatic carbocycles. The Kier molecular flexibility index (Phi) is 4.29. The normalized spacial score (nSPS) is 10.2. The number of benzene rings is 2. The van der Waals surface area contributed by atoms with Gasteiger partial charge in [0.25, 0.3) is 5.69 Å². The molecule has 0 bridgehead atoms. The highest BCUT2D eigenvalue weighted by molar-refractivity contribution is 6.12. The summed E-state index contributed by atoms with van der Waals surface area (Å²) in [5, 5.41) is 14.1. The monoisotopic (exact) mass is 319 g/mol. The van der Waals surface area contributed by atoms with Crippen LogP contribution in [0.1, 0.15) is 15.9 Å². The molecule has 0 amide bonds. The molecule has 0 atom stereocenters. The fourth-order valence-electron chi connectivity index (χ4n) is 2.32. The zero-order valence-corrected chi connectivity index (χ0v) is 12.5. The molecule has 118 valence electrons. The number of nitrogens with one attached hydrogen (secondary N) is 1. The van der Waals surface area contributed by atoms with Crippen LogP contribution >= 0.6 is 0 Å². The molecule has 0 radical (unpaired) electrons. The molecule has 3 rings (SSSR count). The van der Waals surface area contributed by atoms with E-state index in [1.54, 1.807) is 48.5 Å². The molecule has 1 heterocycles. The van der Waals surface area contributed by atoms with Crippen LogP contribution in [0, 0.1) is 10.1 Å². The molecule has 1 aromatic heterocycles. The summed E-state index contributed by atoms with van der Waals surface area (Å²) in [7, 11) is 0. The fourth-order valence-corrected chi connectivity index (χ4v) is 2.32. The Bertz CT molecular complexity index is 895. The number of nitrogens with zero attached hydrogens (tertiary/aromatic N) is 2. The van der Waals surface area contributed by atoms with Crippen LogP contribution in [-0.4, -0.2) is 15.7 Å². The van der Waals surface area contributed by atoms with Crippen molar-refractivity contribution in [2.45, 2.75) is 0 Å². The first-order valence-electron chi connectivity index (χ1n) is 7.21. The van der Waals surface area contributed by atoms with E-state index in [0.717, 1.165) is 0 Å². The summed E-state index contributed by atoms with van der Waals surface area (Å²) in [4.78, 5) is 27.2. The molecule has 6 heteroatoms. The second-order valence-electron chi connectivity index (χ2n) is 5.02. The number of anilines is 2. The van der Waals surface area contributed by atoms with Gasteiger partial charge in [0.1, 0.15) is 5.69 Å². The van der Waals surface area contributed by atoms with Crippen LogP contribution < -0.4 is 5.32 Å². The van der Waals surface area contributed by atoms with E-state index in [4.69, 9.17) is 0 Å². The summed E-state index contributed by atoms with van der Waals surface area (Å²) in [6.07, 6.45) is 2.71. The zero-order valence-electron chi connectivity index (χ0n) is 12.5. The minimum absolute atomic E-state index is 0.105. The quantitative estimate of drug-likeness (QED) is 0.437. The molecular formula is C18H13N3O3. The van der Waals surface area contributed by atoms with Gasteiger partial charge < -0.3 is 5.32 Å². The summed E-state index contributed by atoms with van der Waals surface area (Å²) in [6, 6.07) is 17.1. The molecule has 0 aliphatic rings. The number of hydrogen-bond donors (Lipinski definition) is 1. The smallest absolute Gasteiger partial charge is 0.295 e. The van der Waals surface area contributed by atoms with Gasteiger partial charge in [-0.1, -0.05) is 42.5 Å². The van der Waals surface area contributed by atoms with E-state index in [0.29, 0.717) is 16.8 Å². The van der Waals surface area contributed by atoms with E-state index in [1.807, 2.05) is 6.07 Å².